The first-order chi connectivity index (χ1) is 12.7. The molecule has 0 bridgehead atoms. The van der Waals surface area contributed by atoms with E-state index in [1.165, 1.54) is 23.5 Å². The van der Waals surface area contributed by atoms with Gasteiger partial charge in [-0.3, -0.25) is 0 Å². The molecule has 0 radical (unpaired) electrons. The summed E-state index contributed by atoms with van der Waals surface area (Å²) in [5.41, 5.74) is 2.06. The summed E-state index contributed by atoms with van der Waals surface area (Å²) in [7, 11) is 0. The third-order valence-electron chi connectivity index (χ3n) is 3.71. The quantitative estimate of drug-likeness (QED) is 0.627. The van der Waals surface area contributed by atoms with Crippen molar-refractivity contribution in [2.24, 2.45) is 0 Å². The first-order valence-corrected chi connectivity index (χ1v) is 10.9. The Morgan fingerprint density at radius 3 is 2.69 bits per heavy atom. The van der Waals surface area contributed by atoms with Gasteiger partial charge in [-0.25, -0.2) is 4.79 Å². The van der Waals surface area contributed by atoms with E-state index in [-0.39, 0.29) is 6.03 Å². The van der Waals surface area contributed by atoms with Crippen LogP contribution < -0.4 is 15.4 Å². The molecule has 0 aromatic heterocycles. The number of thioether (sulfide) groups is 2. The summed E-state index contributed by atoms with van der Waals surface area (Å²) in [4.78, 5) is 12.1. The van der Waals surface area contributed by atoms with Crippen LogP contribution in [0.15, 0.2) is 48.5 Å². The minimum absolute atomic E-state index is 0.231. The molecule has 2 aromatic rings. The van der Waals surface area contributed by atoms with Crippen molar-refractivity contribution < 1.29 is 9.53 Å². The third-order valence-corrected chi connectivity index (χ3v) is 6.98. The van der Waals surface area contributed by atoms with Crippen LogP contribution in [0.25, 0.3) is 0 Å². The summed E-state index contributed by atoms with van der Waals surface area (Å²) in [6.45, 7) is 0.812. The Morgan fingerprint density at radius 1 is 1.15 bits per heavy atom. The van der Waals surface area contributed by atoms with E-state index in [2.05, 4.69) is 22.8 Å². The number of carbonyl (C=O) groups excluding carboxylic acids is 1. The molecule has 2 aromatic carbocycles. The number of nitrogens with one attached hydrogen (secondary N) is 2. The maximum Gasteiger partial charge on any atom is 0.319 e. The van der Waals surface area contributed by atoms with E-state index >= 15 is 0 Å². The van der Waals surface area contributed by atoms with Gasteiger partial charge in [0.1, 0.15) is 12.4 Å². The van der Waals surface area contributed by atoms with Gasteiger partial charge < -0.3 is 15.4 Å². The second-order valence-electron chi connectivity index (χ2n) is 5.74. The number of rotatable bonds is 6. The van der Waals surface area contributed by atoms with Gasteiger partial charge in [0.15, 0.2) is 0 Å². The number of hydrogen-bond donors (Lipinski definition) is 2. The number of halogens is 1. The highest BCUT2D eigenvalue weighted by molar-refractivity contribution is 8.16. The molecule has 1 aliphatic heterocycles. The first-order valence-electron chi connectivity index (χ1n) is 8.47. The van der Waals surface area contributed by atoms with Gasteiger partial charge in [-0.15, -0.1) is 23.5 Å². The Balaban J connectivity index is 1.42. The Hall–Kier alpha value is -1.50. The van der Waals surface area contributed by atoms with Crippen molar-refractivity contribution in [3.8, 4) is 5.75 Å². The topological polar surface area (TPSA) is 50.4 Å². The molecule has 1 fully saturated rings. The van der Waals surface area contributed by atoms with E-state index in [9.17, 15) is 4.79 Å². The van der Waals surface area contributed by atoms with Crippen molar-refractivity contribution in [2.75, 3.05) is 30.0 Å². The molecule has 0 atom stereocenters. The standard InChI is InChI=1S/C19H21ClN2O2S2/c20-15-5-7-17(8-6-15)24-10-9-21-19(23)22-16-4-1-3-14(13-16)18-25-11-2-12-26-18/h1,3-8,13,18H,2,9-12H2,(H2,21,22,23). The normalized spacial score (nSPS) is 14.7. The van der Waals surface area contributed by atoms with Gasteiger partial charge in [0, 0.05) is 10.7 Å². The molecule has 1 saturated heterocycles. The van der Waals surface area contributed by atoms with Gasteiger partial charge in [-0.1, -0.05) is 23.7 Å². The fourth-order valence-corrected chi connectivity index (χ4v) is 5.48. The lowest BCUT2D eigenvalue weighted by molar-refractivity contribution is 0.247. The summed E-state index contributed by atoms with van der Waals surface area (Å²) in [5, 5.41) is 6.35. The van der Waals surface area contributed by atoms with Gasteiger partial charge in [0.05, 0.1) is 11.1 Å². The van der Waals surface area contributed by atoms with Crippen LogP contribution in [-0.2, 0) is 0 Å². The van der Waals surface area contributed by atoms with Crippen LogP contribution in [0.5, 0.6) is 5.75 Å². The molecule has 7 heteroatoms. The molecule has 1 aliphatic rings. The van der Waals surface area contributed by atoms with Crippen molar-refractivity contribution in [1.82, 2.24) is 5.32 Å². The van der Waals surface area contributed by atoms with Crippen LogP contribution >= 0.6 is 35.1 Å². The van der Waals surface area contributed by atoms with E-state index < -0.39 is 0 Å². The molecule has 4 nitrogen and oxygen atoms in total. The van der Waals surface area contributed by atoms with E-state index in [0.717, 1.165) is 11.4 Å². The Bertz CT molecular complexity index is 722. The molecule has 1 heterocycles. The average Bonchev–Trinajstić information content (AvgIpc) is 2.67. The highest BCUT2D eigenvalue weighted by Gasteiger charge is 2.16. The van der Waals surface area contributed by atoms with Crippen molar-refractivity contribution >= 4 is 46.8 Å². The summed E-state index contributed by atoms with van der Waals surface area (Å²) in [6.07, 6.45) is 1.27. The van der Waals surface area contributed by atoms with Crippen LogP contribution in [0.4, 0.5) is 10.5 Å². The highest BCUT2D eigenvalue weighted by Crippen LogP contribution is 2.43. The van der Waals surface area contributed by atoms with Gasteiger partial charge in [-0.05, 0) is 59.9 Å². The Morgan fingerprint density at radius 2 is 1.92 bits per heavy atom. The zero-order valence-corrected chi connectivity index (χ0v) is 16.6. The molecule has 0 saturated carbocycles. The number of hydrogen-bond acceptors (Lipinski definition) is 4. The van der Waals surface area contributed by atoms with Crippen LogP contribution in [0.3, 0.4) is 0 Å². The lowest BCUT2D eigenvalue weighted by atomic mass is 10.2. The second kappa shape index (κ2) is 10.00. The third kappa shape index (κ3) is 6.04. The number of benzene rings is 2. The van der Waals surface area contributed by atoms with Gasteiger partial charge in [0.2, 0.25) is 0 Å². The average molecular weight is 409 g/mol. The molecule has 138 valence electrons. The number of urea groups is 1. The van der Waals surface area contributed by atoms with Crippen molar-refractivity contribution in [2.45, 2.75) is 11.0 Å². The lowest BCUT2D eigenvalue weighted by Gasteiger charge is -2.21. The lowest BCUT2D eigenvalue weighted by Crippen LogP contribution is -2.32. The van der Waals surface area contributed by atoms with Gasteiger partial charge in [-0.2, -0.15) is 0 Å². The minimum Gasteiger partial charge on any atom is -0.492 e. The zero-order valence-electron chi connectivity index (χ0n) is 14.2. The number of anilines is 1. The van der Waals surface area contributed by atoms with Crippen LogP contribution in [-0.4, -0.2) is 30.7 Å². The Labute approximate surface area is 167 Å². The van der Waals surface area contributed by atoms with E-state index in [1.807, 2.05) is 35.7 Å². The summed E-state index contributed by atoms with van der Waals surface area (Å²) >= 11 is 9.77. The largest absolute Gasteiger partial charge is 0.492 e. The van der Waals surface area contributed by atoms with Crippen molar-refractivity contribution in [3.05, 3.63) is 59.1 Å². The SMILES string of the molecule is O=C(NCCOc1ccc(Cl)cc1)Nc1cccc(C2SCCCS2)c1. The molecule has 26 heavy (non-hydrogen) atoms. The molecule has 0 aliphatic carbocycles. The summed E-state index contributed by atoms with van der Waals surface area (Å²) in [5.74, 6) is 3.12. The maximum atomic E-state index is 12.1. The fourth-order valence-electron chi connectivity index (χ4n) is 2.48. The number of ether oxygens (including phenoxy) is 1. The summed E-state index contributed by atoms with van der Waals surface area (Å²) < 4.78 is 6.01. The van der Waals surface area contributed by atoms with Gasteiger partial charge in [0.25, 0.3) is 0 Å². The fraction of sp³-hybridized carbons (Fsp3) is 0.316. The molecule has 3 rings (SSSR count). The highest BCUT2D eigenvalue weighted by atomic mass is 35.5. The van der Waals surface area contributed by atoms with E-state index in [0.29, 0.717) is 22.8 Å². The Kier molecular flexibility index (Phi) is 7.41. The number of carbonyl (C=O) groups is 1. The van der Waals surface area contributed by atoms with E-state index in [4.69, 9.17) is 16.3 Å². The van der Waals surface area contributed by atoms with Crippen LogP contribution in [0, 0.1) is 0 Å². The minimum atomic E-state index is -0.231. The number of amides is 2. The predicted molar refractivity (Wildman–Crippen MR) is 113 cm³/mol. The smallest absolute Gasteiger partial charge is 0.319 e. The van der Waals surface area contributed by atoms with Gasteiger partial charge >= 0.3 is 6.03 Å². The van der Waals surface area contributed by atoms with Crippen LogP contribution in [0.2, 0.25) is 5.02 Å². The maximum absolute atomic E-state index is 12.1. The summed E-state index contributed by atoms with van der Waals surface area (Å²) in [6, 6.07) is 15.0. The van der Waals surface area contributed by atoms with Crippen molar-refractivity contribution in [3.63, 3.8) is 0 Å². The first kappa shape index (κ1) is 19.3. The molecular weight excluding hydrogens is 388 g/mol. The molecule has 2 amide bonds. The second-order valence-corrected chi connectivity index (χ2v) is 8.90. The zero-order chi connectivity index (χ0) is 18.2. The van der Waals surface area contributed by atoms with E-state index in [1.54, 1.807) is 24.3 Å². The molecule has 0 spiro atoms. The predicted octanol–water partition coefficient (Wildman–Crippen LogP) is 5.41. The molecule has 2 N–H and O–H groups in total. The van der Waals surface area contributed by atoms with Crippen molar-refractivity contribution in [1.29, 1.82) is 0 Å². The van der Waals surface area contributed by atoms with Crippen LogP contribution in [0.1, 0.15) is 16.6 Å². The molecular formula is C19H21ClN2O2S2. The monoisotopic (exact) mass is 408 g/mol. The molecule has 0 unspecified atom stereocenters.